The van der Waals surface area contributed by atoms with Gasteiger partial charge in [0.2, 0.25) is 0 Å². The van der Waals surface area contributed by atoms with Gasteiger partial charge in [-0.05, 0) is 38.0 Å². The van der Waals surface area contributed by atoms with E-state index in [2.05, 4.69) is 19.2 Å². The second-order valence-electron chi connectivity index (χ2n) is 6.81. The van der Waals surface area contributed by atoms with Crippen LogP contribution >= 0.6 is 0 Å². The van der Waals surface area contributed by atoms with E-state index >= 15 is 0 Å². The Bertz CT molecular complexity index is 778. The third-order valence-electron chi connectivity index (χ3n) is 4.89. The number of hydrogen-bond acceptors (Lipinski definition) is 4. The monoisotopic (exact) mass is 368 g/mol. The summed E-state index contributed by atoms with van der Waals surface area (Å²) in [7, 11) is 1.68. The molecule has 0 aliphatic carbocycles. The van der Waals surface area contributed by atoms with Gasteiger partial charge >= 0.3 is 0 Å². The van der Waals surface area contributed by atoms with Crippen molar-refractivity contribution in [3.63, 3.8) is 0 Å². The van der Waals surface area contributed by atoms with Crippen molar-refractivity contribution in [3.05, 3.63) is 59.7 Å². The zero-order valence-corrected chi connectivity index (χ0v) is 16.3. The van der Waals surface area contributed by atoms with Crippen LogP contribution < -0.4 is 10.1 Å². The number of carbonyl (C=O) groups excluding carboxylic acids is 1. The standard InChI is InChI=1S/C22H28N2O3/c1-4-16(2)27-20-13-8-6-11-18(20)21-23-19-12-7-5-10-17(19)22(25)24(21)14-9-15-26-3/h5-8,10-13,16,21,23H,4,9,14-15H2,1-3H3. The molecule has 3 rings (SSSR count). The van der Waals surface area contributed by atoms with Crippen molar-refractivity contribution in [1.82, 2.24) is 4.90 Å². The van der Waals surface area contributed by atoms with Crippen molar-refractivity contribution < 1.29 is 14.3 Å². The van der Waals surface area contributed by atoms with Crippen molar-refractivity contribution in [2.45, 2.75) is 39.0 Å². The summed E-state index contributed by atoms with van der Waals surface area (Å²) < 4.78 is 11.3. The van der Waals surface area contributed by atoms with Crippen LogP contribution in [0.25, 0.3) is 0 Å². The molecule has 1 heterocycles. The lowest BCUT2D eigenvalue weighted by Gasteiger charge is -2.39. The summed E-state index contributed by atoms with van der Waals surface area (Å²) in [6.45, 7) is 5.38. The van der Waals surface area contributed by atoms with E-state index in [1.54, 1.807) is 7.11 Å². The molecule has 0 fully saturated rings. The number of amides is 1. The largest absolute Gasteiger partial charge is 0.490 e. The topological polar surface area (TPSA) is 50.8 Å². The van der Waals surface area contributed by atoms with Gasteiger partial charge in [-0.15, -0.1) is 0 Å². The van der Waals surface area contributed by atoms with Crippen LogP contribution in [0.1, 0.15) is 48.8 Å². The Morgan fingerprint density at radius 1 is 1.15 bits per heavy atom. The Kier molecular flexibility index (Phi) is 6.35. The maximum absolute atomic E-state index is 13.2. The maximum atomic E-state index is 13.2. The van der Waals surface area contributed by atoms with E-state index in [0.717, 1.165) is 29.8 Å². The summed E-state index contributed by atoms with van der Waals surface area (Å²) in [5, 5.41) is 3.54. The minimum atomic E-state index is -0.274. The normalized spacial score (nSPS) is 17.2. The smallest absolute Gasteiger partial charge is 0.257 e. The SMILES string of the molecule is CCC(C)Oc1ccccc1C1Nc2ccccc2C(=O)N1CCCOC. The van der Waals surface area contributed by atoms with Gasteiger partial charge in [-0.2, -0.15) is 0 Å². The van der Waals surface area contributed by atoms with Crippen LogP contribution in [-0.4, -0.2) is 37.2 Å². The molecule has 1 N–H and O–H groups in total. The van der Waals surface area contributed by atoms with Gasteiger partial charge in [-0.25, -0.2) is 0 Å². The number of para-hydroxylation sites is 2. The molecule has 0 saturated heterocycles. The number of ether oxygens (including phenoxy) is 2. The number of fused-ring (bicyclic) bond motifs is 1. The molecule has 0 radical (unpaired) electrons. The van der Waals surface area contributed by atoms with Gasteiger partial charge in [-0.3, -0.25) is 4.79 Å². The number of benzene rings is 2. The van der Waals surface area contributed by atoms with Gasteiger partial charge in [0.15, 0.2) is 0 Å². The molecule has 144 valence electrons. The first-order valence-corrected chi connectivity index (χ1v) is 9.56. The lowest BCUT2D eigenvalue weighted by atomic mass is 10.0. The molecular formula is C22H28N2O3. The highest BCUT2D eigenvalue weighted by molar-refractivity contribution is 6.01. The predicted octanol–water partition coefficient (Wildman–Crippen LogP) is 4.47. The Labute approximate surface area is 161 Å². The summed E-state index contributed by atoms with van der Waals surface area (Å²) in [4.78, 5) is 15.1. The van der Waals surface area contributed by atoms with Crippen LogP contribution in [-0.2, 0) is 4.74 Å². The Morgan fingerprint density at radius 2 is 1.89 bits per heavy atom. The molecule has 0 bridgehead atoms. The molecule has 1 aliphatic rings. The minimum absolute atomic E-state index is 0.0313. The molecule has 2 aromatic carbocycles. The highest BCUT2D eigenvalue weighted by atomic mass is 16.5. The fraction of sp³-hybridized carbons (Fsp3) is 0.409. The van der Waals surface area contributed by atoms with E-state index < -0.39 is 0 Å². The number of methoxy groups -OCH3 is 1. The summed E-state index contributed by atoms with van der Waals surface area (Å²) in [6, 6.07) is 15.6. The highest BCUT2D eigenvalue weighted by Gasteiger charge is 2.34. The molecule has 0 spiro atoms. The van der Waals surface area contributed by atoms with Gasteiger partial charge in [0, 0.05) is 31.5 Å². The van der Waals surface area contributed by atoms with Crippen molar-refractivity contribution >= 4 is 11.6 Å². The first-order chi connectivity index (χ1) is 13.2. The van der Waals surface area contributed by atoms with Crippen LogP contribution in [0.2, 0.25) is 0 Å². The van der Waals surface area contributed by atoms with E-state index in [-0.39, 0.29) is 18.2 Å². The molecule has 2 atom stereocenters. The molecule has 2 unspecified atom stereocenters. The van der Waals surface area contributed by atoms with Crippen LogP contribution in [0.5, 0.6) is 5.75 Å². The molecule has 27 heavy (non-hydrogen) atoms. The Morgan fingerprint density at radius 3 is 2.67 bits per heavy atom. The zero-order valence-electron chi connectivity index (χ0n) is 16.3. The summed E-state index contributed by atoms with van der Waals surface area (Å²) in [6.07, 6.45) is 1.53. The molecule has 1 amide bonds. The molecule has 0 aromatic heterocycles. The lowest BCUT2D eigenvalue weighted by Crippen LogP contribution is -2.43. The maximum Gasteiger partial charge on any atom is 0.257 e. The molecule has 0 saturated carbocycles. The van der Waals surface area contributed by atoms with Gasteiger partial charge in [0.25, 0.3) is 5.91 Å². The van der Waals surface area contributed by atoms with Crippen LogP contribution in [0, 0.1) is 0 Å². The summed E-state index contributed by atoms with van der Waals surface area (Å²) >= 11 is 0. The fourth-order valence-electron chi connectivity index (χ4n) is 3.26. The first kappa shape index (κ1) is 19.2. The van der Waals surface area contributed by atoms with Gasteiger partial charge in [0.1, 0.15) is 11.9 Å². The lowest BCUT2D eigenvalue weighted by molar-refractivity contribution is 0.0656. The molecule has 2 aromatic rings. The van der Waals surface area contributed by atoms with E-state index in [9.17, 15) is 4.79 Å². The van der Waals surface area contributed by atoms with Crippen LogP contribution in [0.4, 0.5) is 5.69 Å². The molecule has 1 aliphatic heterocycles. The quantitative estimate of drug-likeness (QED) is 0.699. The second-order valence-corrected chi connectivity index (χ2v) is 6.81. The third kappa shape index (κ3) is 4.25. The predicted molar refractivity (Wildman–Crippen MR) is 107 cm³/mol. The van der Waals surface area contributed by atoms with Crippen LogP contribution in [0.3, 0.4) is 0 Å². The first-order valence-electron chi connectivity index (χ1n) is 9.56. The van der Waals surface area contributed by atoms with Crippen molar-refractivity contribution in [3.8, 4) is 5.75 Å². The average molecular weight is 368 g/mol. The van der Waals surface area contributed by atoms with E-state index in [4.69, 9.17) is 9.47 Å². The summed E-state index contributed by atoms with van der Waals surface area (Å²) in [5.74, 6) is 0.845. The number of carbonyl (C=O) groups is 1. The number of nitrogens with one attached hydrogen (secondary N) is 1. The average Bonchev–Trinajstić information content (AvgIpc) is 2.70. The van der Waals surface area contributed by atoms with Crippen LogP contribution in [0.15, 0.2) is 48.5 Å². The number of anilines is 1. The highest BCUT2D eigenvalue weighted by Crippen LogP contribution is 2.37. The third-order valence-corrected chi connectivity index (χ3v) is 4.89. The van der Waals surface area contributed by atoms with Gasteiger partial charge in [0.05, 0.1) is 11.7 Å². The molecular weight excluding hydrogens is 340 g/mol. The van der Waals surface area contributed by atoms with Crippen molar-refractivity contribution in [2.75, 3.05) is 25.6 Å². The minimum Gasteiger partial charge on any atom is -0.490 e. The van der Waals surface area contributed by atoms with Crippen molar-refractivity contribution in [1.29, 1.82) is 0 Å². The fourth-order valence-corrected chi connectivity index (χ4v) is 3.26. The van der Waals surface area contributed by atoms with E-state index in [1.165, 1.54) is 0 Å². The van der Waals surface area contributed by atoms with E-state index in [0.29, 0.717) is 18.7 Å². The zero-order chi connectivity index (χ0) is 19.2. The molecule has 5 nitrogen and oxygen atoms in total. The summed E-state index contributed by atoms with van der Waals surface area (Å²) in [5.41, 5.74) is 2.53. The Hall–Kier alpha value is -2.53. The number of rotatable bonds is 8. The van der Waals surface area contributed by atoms with Gasteiger partial charge in [-0.1, -0.05) is 37.3 Å². The number of hydrogen-bond donors (Lipinski definition) is 1. The van der Waals surface area contributed by atoms with Gasteiger partial charge < -0.3 is 19.7 Å². The molecule has 5 heteroatoms. The van der Waals surface area contributed by atoms with E-state index in [1.807, 2.05) is 53.4 Å². The second kappa shape index (κ2) is 8.91. The Balaban J connectivity index is 1.97. The number of nitrogens with zero attached hydrogens (tertiary/aromatic N) is 1. The van der Waals surface area contributed by atoms with Crippen molar-refractivity contribution in [2.24, 2.45) is 0 Å².